The van der Waals surface area contributed by atoms with Crippen LogP contribution in [0.4, 0.5) is 0 Å². The van der Waals surface area contributed by atoms with Crippen LogP contribution in [0.1, 0.15) is 13.8 Å². The van der Waals surface area contributed by atoms with E-state index < -0.39 is 15.4 Å². The summed E-state index contributed by atoms with van der Waals surface area (Å²) in [6.07, 6.45) is 0. The summed E-state index contributed by atoms with van der Waals surface area (Å²) in [7, 11) is -3.52. The molecule has 6 heteroatoms. The van der Waals surface area contributed by atoms with Gasteiger partial charge in [0, 0.05) is 13.3 Å². The van der Waals surface area contributed by atoms with Gasteiger partial charge in [-0.25, -0.2) is 0 Å². The number of hydrogen-bond donors (Lipinski definition) is 0. The predicted octanol–water partition coefficient (Wildman–Crippen LogP) is 2.96. The van der Waals surface area contributed by atoms with Gasteiger partial charge in [0.2, 0.25) is 0 Å². The summed E-state index contributed by atoms with van der Waals surface area (Å²) in [4.78, 5) is 0. The molecule has 1 atom stereocenters. The van der Waals surface area contributed by atoms with E-state index in [4.69, 9.17) is 4.52 Å². The standard InChI is InChI=1S/C4H11O2P.C3H8O2P/c1-4-6-7(2,3)5;1-3-5-6(2)4/h4H2,1-3H3;3H2,1-2H3/q;+1. The molecule has 13 heavy (non-hydrogen) atoms. The van der Waals surface area contributed by atoms with Crippen LogP contribution in [0.5, 0.6) is 0 Å². The Morgan fingerprint density at radius 2 is 1.69 bits per heavy atom. The Bertz CT molecular complexity index is 175. The van der Waals surface area contributed by atoms with Crippen LogP contribution in [0.3, 0.4) is 0 Å². The van der Waals surface area contributed by atoms with Gasteiger partial charge in [-0.1, -0.05) is 0 Å². The summed E-state index contributed by atoms with van der Waals surface area (Å²) in [5, 5.41) is 0. The van der Waals surface area contributed by atoms with E-state index >= 15 is 0 Å². The second-order valence-electron chi connectivity index (χ2n) is 2.53. The van der Waals surface area contributed by atoms with Crippen LogP contribution in [0.2, 0.25) is 0 Å². The van der Waals surface area contributed by atoms with Crippen molar-refractivity contribution >= 4 is 15.4 Å². The predicted molar refractivity (Wildman–Crippen MR) is 56.2 cm³/mol. The third-order valence-corrected chi connectivity index (χ3v) is 2.25. The highest BCUT2D eigenvalue weighted by molar-refractivity contribution is 7.57. The van der Waals surface area contributed by atoms with Gasteiger partial charge in [0.25, 0.3) is 0 Å². The van der Waals surface area contributed by atoms with Crippen LogP contribution in [-0.4, -0.2) is 33.2 Å². The molecule has 0 aromatic rings. The molecule has 80 valence electrons. The lowest BCUT2D eigenvalue weighted by molar-refractivity contribution is 0.341. The molecule has 0 aliphatic heterocycles. The van der Waals surface area contributed by atoms with Crippen molar-refractivity contribution in [2.45, 2.75) is 13.8 Å². The molecule has 4 nitrogen and oxygen atoms in total. The van der Waals surface area contributed by atoms with Crippen molar-refractivity contribution in [3.05, 3.63) is 0 Å². The maximum atomic E-state index is 10.6. The van der Waals surface area contributed by atoms with Crippen molar-refractivity contribution in [2.75, 3.05) is 33.2 Å². The number of hydrogen-bond acceptors (Lipinski definition) is 4. The summed E-state index contributed by atoms with van der Waals surface area (Å²) < 4.78 is 29.9. The molecular weight excluding hydrogens is 210 g/mol. The molecule has 0 spiro atoms. The SMILES string of the molecule is CCOP(C)(C)=O.CCO[P+](C)=O. The zero-order valence-corrected chi connectivity index (χ0v) is 10.7. The minimum absolute atomic E-state index is 0.546. The van der Waals surface area contributed by atoms with E-state index in [9.17, 15) is 9.13 Å². The fourth-order valence-corrected chi connectivity index (χ4v) is 1.48. The van der Waals surface area contributed by atoms with Crippen LogP contribution in [-0.2, 0) is 18.2 Å². The molecular formula is C7H19O4P2+. The molecule has 0 saturated heterocycles. The number of rotatable bonds is 4. The fraction of sp³-hybridized carbons (Fsp3) is 1.00. The van der Waals surface area contributed by atoms with E-state index in [1.807, 2.05) is 13.8 Å². The second-order valence-corrected chi connectivity index (χ2v) is 6.43. The Hall–Kier alpha value is 0.250. The molecule has 0 radical (unpaired) electrons. The quantitative estimate of drug-likeness (QED) is 0.695. The highest BCUT2D eigenvalue weighted by Crippen LogP contribution is 2.36. The van der Waals surface area contributed by atoms with Crippen LogP contribution < -0.4 is 0 Å². The molecule has 0 fully saturated rings. The molecule has 0 rings (SSSR count). The minimum Gasteiger partial charge on any atom is -0.329 e. The first kappa shape index (κ1) is 15.7. The van der Waals surface area contributed by atoms with Crippen molar-refractivity contribution in [3.8, 4) is 0 Å². The smallest absolute Gasteiger partial charge is 0.329 e. The molecule has 0 heterocycles. The van der Waals surface area contributed by atoms with Gasteiger partial charge in [0.05, 0.1) is 13.2 Å². The van der Waals surface area contributed by atoms with Crippen molar-refractivity contribution < 1.29 is 18.2 Å². The first-order valence-electron chi connectivity index (χ1n) is 4.06. The Morgan fingerprint density at radius 1 is 1.23 bits per heavy atom. The monoisotopic (exact) mass is 229 g/mol. The van der Waals surface area contributed by atoms with Gasteiger partial charge in [0.15, 0.2) is 14.0 Å². The average molecular weight is 229 g/mol. The van der Waals surface area contributed by atoms with Gasteiger partial charge >= 0.3 is 8.03 Å². The fourth-order valence-electron chi connectivity index (χ4n) is 0.493. The highest BCUT2D eigenvalue weighted by Gasteiger charge is 2.02. The summed E-state index contributed by atoms with van der Waals surface area (Å²) in [5.41, 5.74) is 0. The third-order valence-electron chi connectivity index (χ3n) is 0.751. The van der Waals surface area contributed by atoms with Crippen LogP contribution in [0, 0.1) is 0 Å². The van der Waals surface area contributed by atoms with Gasteiger partial charge < -0.3 is 4.52 Å². The lowest BCUT2D eigenvalue weighted by Gasteiger charge is -2.02. The van der Waals surface area contributed by atoms with E-state index in [0.717, 1.165) is 0 Å². The molecule has 0 aromatic heterocycles. The van der Waals surface area contributed by atoms with Crippen molar-refractivity contribution in [2.24, 2.45) is 0 Å². The molecule has 0 amide bonds. The zero-order valence-electron chi connectivity index (χ0n) is 8.94. The van der Waals surface area contributed by atoms with E-state index in [2.05, 4.69) is 4.52 Å². The van der Waals surface area contributed by atoms with Crippen molar-refractivity contribution in [1.29, 1.82) is 0 Å². The zero-order chi connectivity index (χ0) is 10.9. The molecule has 0 N–H and O–H groups in total. The van der Waals surface area contributed by atoms with E-state index in [1.54, 1.807) is 20.0 Å². The van der Waals surface area contributed by atoms with Gasteiger partial charge in [-0.3, -0.25) is 4.57 Å². The topological polar surface area (TPSA) is 52.6 Å². The average Bonchev–Trinajstić information content (AvgIpc) is 1.84. The van der Waals surface area contributed by atoms with Crippen molar-refractivity contribution in [3.63, 3.8) is 0 Å². The summed E-state index contributed by atoms with van der Waals surface area (Å²) in [6, 6.07) is 0. The van der Waals surface area contributed by atoms with Gasteiger partial charge in [-0.15, -0.1) is 4.52 Å². The largest absolute Gasteiger partial charge is 0.504 e. The normalized spacial score (nSPS) is 11.6. The highest BCUT2D eigenvalue weighted by atomic mass is 31.2. The molecule has 0 saturated carbocycles. The van der Waals surface area contributed by atoms with Crippen LogP contribution in [0.25, 0.3) is 0 Å². The van der Waals surface area contributed by atoms with Gasteiger partial charge in [0.1, 0.15) is 0 Å². The lowest BCUT2D eigenvalue weighted by Crippen LogP contribution is -1.82. The Kier molecular flexibility index (Phi) is 10.7. The molecule has 0 aromatic carbocycles. The van der Waals surface area contributed by atoms with E-state index in [0.29, 0.717) is 13.2 Å². The molecule has 1 unspecified atom stereocenters. The minimum atomic E-state index is -2.17. The summed E-state index contributed by atoms with van der Waals surface area (Å²) in [6.45, 7) is 9.50. The van der Waals surface area contributed by atoms with Gasteiger partial charge in [-0.2, -0.15) is 0 Å². The molecule has 0 bridgehead atoms. The van der Waals surface area contributed by atoms with Crippen LogP contribution in [0.15, 0.2) is 0 Å². The maximum absolute atomic E-state index is 10.6. The Morgan fingerprint density at radius 3 is 1.69 bits per heavy atom. The first-order valence-corrected chi connectivity index (χ1v) is 8.21. The molecule has 0 aliphatic rings. The Labute approximate surface area is 81.3 Å². The van der Waals surface area contributed by atoms with Crippen LogP contribution >= 0.6 is 15.4 Å². The van der Waals surface area contributed by atoms with Crippen molar-refractivity contribution in [1.82, 2.24) is 0 Å². The summed E-state index contributed by atoms with van der Waals surface area (Å²) >= 11 is 0. The molecule has 0 aliphatic carbocycles. The first-order chi connectivity index (χ1) is 5.83. The Balaban J connectivity index is 0. The van der Waals surface area contributed by atoms with E-state index in [-0.39, 0.29) is 0 Å². The van der Waals surface area contributed by atoms with Gasteiger partial charge in [-0.05, 0) is 18.4 Å². The van der Waals surface area contributed by atoms with E-state index in [1.165, 1.54) is 0 Å². The summed E-state index contributed by atoms with van der Waals surface area (Å²) in [5.74, 6) is 0. The second kappa shape index (κ2) is 8.83. The third kappa shape index (κ3) is 24.5. The lowest BCUT2D eigenvalue weighted by atomic mass is 10.9. The maximum Gasteiger partial charge on any atom is 0.504 e.